The molecule has 0 amide bonds. The summed E-state index contributed by atoms with van der Waals surface area (Å²) in [6, 6.07) is 0. The molecule has 0 aliphatic carbocycles. The summed E-state index contributed by atoms with van der Waals surface area (Å²) in [6.07, 6.45) is 1.43. The minimum atomic E-state index is -0.445. The number of aliphatic hydroxyl groups is 3. The highest BCUT2D eigenvalue weighted by atomic mass is 16.5. The maximum absolute atomic E-state index is 8.69. The Labute approximate surface area is 86.5 Å². The van der Waals surface area contributed by atoms with Crippen molar-refractivity contribution in [2.24, 2.45) is 0 Å². The van der Waals surface area contributed by atoms with Crippen LogP contribution in [0.1, 0.15) is 33.6 Å². The number of hydrogen-bond acceptors (Lipinski definition) is 4. The molecule has 0 heterocycles. The average Bonchev–Trinajstić information content (AvgIpc) is 2.16. The van der Waals surface area contributed by atoms with Crippen LogP contribution in [0.5, 0.6) is 0 Å². The van der Waals surface area contributed by atoms with Gasteiger partial charge in [-0.05, 0) is 20.3 Å². The van der Waals surface area contributed by atoms with E-state index in [9.17, 15) is 0 Å². The Kier molecular flexibility index (Phi) is 14.9. The van der Waals surface area contributed by atoms with E-state index in [0.717, 1.165) is 12.8 Å². The van der Waals surface area contributed by atoms with Gasteiger partial charge in [0, 0.05) is 6.61 Å². The van der Waals surface area contributed by atoms with E-state index in [-0.39, 0.29) is 12.7 Å². The van der Waals surface area contributed by atoms with Crippen molar-refractivity contribution in [3.05, 3.63) is 0 Å². The van der Waals surface area contributed by atoms with Crippen molar-refractivity contribution in [2.45, 2.75) is 45.8 Å². The SMILES string of the molecule is CC(O)COC(C)CO.CCCCO. The molecule has 0 fully saturated rings. The fraction of sp³-hybridized carbons (Fsp3) is 1.00. The highest BCUT2D eigenvalue weighted by molar-refractivity contribution is 4.47. The summed E-state index contributed by atoms with van der Waals surface area (Å²) in [7, 11) is 0. The van der Waals surface area contributed by atoms with Gasteiger partial charge in [0.25, 0.3) is 0 Å². The molecule has 0 aliphatic heterocycles. The maximum Gasteiger partial charge on any atom is 0.0779 e. The molecule has 0 saturated carbocycles. The predicted molar refractivity (Wildman–Crippen MR) is 56.2 cm³/mol. The second-order valence-corrected chi connectivity index (χ2v) is 3.25. The van der Waals surface area contributed by atoms with E-state index in [1.165, 1.54) is 0 Å². The molecule has 0 aromatic rings. The first-order valence-electron chi connectivity index (χ1n) is 5.09. The average molecular weight is 208 g/mol. The molecule has 0 bridgehead atoms. The van der Waals surface area contributed by atoms with Crippen LogP contribution < -0.4 is 0 Å². The van der Waals surface area contributed by atoms with E-state index in [1.54, 1.807) is 13.8 Å². The summed E-state index contributed by atoms with van der Waals surface area (Å²) < 4.78 is 4.95. The minimum Gasteiger partial charge on any atom is -0.396 e. The smallest absolute Gasteiger partial charge is 0.0779 e. The van der Waals surface area contributed by atoms with Crippen molar-refractivity contribution >= 4 is 0 Å². The van der Waals surface area contributed by atoms with Crippen molar-refractivity contribution in [3.63, 3.8) is 0 Å². The zero-order valence-electron chi connectivity index (χ0n) is 9.44. The lowest BCUT2D eigenvalue weighted by molar-refractivity contribution is -0.0177. The Morgan fingerprint density at radius 3 is 2.00 bits per heavy atom. The Bertz CT molecular complexity index is 94.1. The van der Waals surface area contributed by atoms with Gasteiger partial charge < -0.3 is 20.1 Å². The predicted octanol–water partition coefficient (Wildman–Crippen LogP) is 0.543. The minimum absolute atomic E-state index is 0.00667. The van der Waals surface area contributed by atoms with Crippen LogP contribution in [0.3, 0.4) is 0 Å². The number of unbranched alkanes of at least 4 members (excludes halogenated alkanes) is 1. The van der Waals surface area contributed by atoms with Crippen molar-refractivity contribution in [2.75, 3.05) is 19.8 Å². The number of ether oxygens (including phenoxy) is 1. The third-order valence-electron chi connectivity index (χ3n) is 1.39. The molecule has 0 radical (unpaired) electrons. The fourth-order valence-corrected chi connectivity index (χ4v) is 0.514. The van der Waals surface area contributed by atoms with Gasteiger partial charge in [0.05, 0.1) is 25.4 Å². The molecule has 4 nitrogen and oxygen atoms in total. The first-order chi connectivity index (χ1) is 6.58. The molecule has 0 aromatic carbocycles. The molecule has 0 aromatic heterocycles. The molecule has 4 heteroatoms. The number of aliphatic hydroxyl groups excluding tert-OH is 3. The van der Waals surface area contributed by atoms with Crippen LogP contribution in [0.25, 0.3) is 0 Å². The van der Waals surface area contributed by atoms with Gasteiger partial charge in [-0.1, -0.05) is 13.3 Å². The van der Waals surface area contributed by atoms with E-state index in [0.29, 0.717) is 13.2 Å². The van der Waals surface area contributed by atoms with Gasteiger partial charge in [-0.3, -0.25) is 0 Å². The second-order valence-electron chi connectivity index (χ2n) is 3.25. The van der Waals surface area contributed by atoms with Crippen LogP contribution in [0.2, 0.25) is 0 Å². The molecule has 0 aliphatic rings. The van der Waals surface area contributed by atoms with Gasteiger partial charge in [0.15, 0.2) is 0 Å². The molecular formula is C10H24O4. The zero-order valence-corrected chi connectivity index (χ0v) is 9.44. The summed E-state index contributed by atoms with van der Waals surface area (Å²) in [4.78, 5) is 0. The molecule has 3 N–H and O–H groups in total. The van der Waals surface area contributed by atoms with Crippen LogP contribution in [-0.2, 0) is 4.74 Å². The van der Waals surface area contributed by atoms with Gasteiger partial charge >= 0.3 is 0 Å². The van der Waals surface area contributed by atoms with Crippen molar-refractivity contribution in [3.8, 4) is 0 Å². The van der Waals surface area contributed by atoms with E-state index < -0.39 is 6.10 Å². The lowest BCUT2D eigenvalue weighted by Gasteiger charge is -2.10. The molecule has 14 heavy (non-hydrogen) atoms. The number of hydrogen-bond donors (Lipinski definition) is 3. The van der Waals surface area contributed by atoms with Gasteiger partial charge in [-0.25, -0.2) is 0 Å². The molecule has 2 unspecified atom stereocenters. The fourth-order valence-electron chi connectivity index (χ4n) is 0.514. The Morgan fingerprint density at radius 1 is 1.21 bits per heavy atom. The Balaban J connectivity index is 0. The van der Waals surface area contributed by atoms with Crippen LogP contribution in [0.15, 0.2) is 0 Å². The summed E-state index contributed by atoms with van der Waals surface area (Å²) in [5.41, 5.74) is 0. The lowest BCUT2D eigenvalue weighted by atomic mass is 10.4. The topological polar surface area (TPSA) is 69.9 Å². The van der Waals surface area contributed by atoms with Crippen molar-refractivity contribution < 1.29 is 20.1 Å². The van der Waals surface area contributed by atoms with Gasteiger partial charge in [0.1, 0.15) is 0 Å². The molecule has 88 valence electrons. The summed E-state index contributed by atoms with van der Waals surface area (Å²) in [5, 5.41) is 25.2. The highest BCUT2D eigenvalue weighted by Gasteiger charge is 2.00. The third-order valence-corrected chi connectivity index (χ3v) is 1.39. The van der Waals surface area contributed by atoms with Gasteiger partial charge in [-0.2, -0.15) is 0 Å². The normalized spacial score (nSPS) is 14.1. The quantitative estimate of drug-likeness (QED) is 0.596. The van der Waals surface area contributed by atoms with Crippen LogP contribution in [-0.4, -0.2) is 47.3 Å². The van der Waals surface area contributed by atoms with E-state index in [4.69, 9.17) is 20.1 Å². The second kappa shape index (κ2) is 12.8. The zero-order chi connectivity index (χ0) is 11.4. The lowest BCUT2D eigenvalue weighted by Crippen LogP contribution is -2.19. The molecule has 0 spiro atoms. The standard InChI is InChI=1S/C6H14O3.C4H10O/c1-5(8)4-9-6(2)3-7;1-2-3-4-5/h5-8H,3-4H2,1-2H3;5H,2-4H2,1H3. The first kappa shape index (κ1) is 16.3. The number of rotatable bonds is 6. The van der Waals surface area contributed by atoms with E-state index in [2.05, 4.69) is 6.92 Å². The summed E-state index contributed by atoms with van der Waals surface area (Å²) in [6.45, 7) is 6.09. The first-order valence-corrected chi connectivity index (χ1v) is 5.09. The van der Waals surface area contributed by atoms with Crippen LogP contribution in [0, 0.1) is 0 Å². The molecular weight excluding hydrogens is 184 g/mol. The van der Waals surface area contributed by atoms with Crippen molar-refractivity contribution in [1.29, 1.82) is 0 Å². The van der Waals surface area contributed by atoms with Gasteiger partial charge in [0.2, 0.25) is 0 Å². The van der Waals surface area contributed by atoms with E-state index >= 15 is 0 Å². The summed E-state index contributed by atoms with van der Waals surface area (Å²) >= 11 is 0. The molecule has 2 atom stereocenters. The van der Waals surface area contributed by atoms with E-state index in [1.807, 2.05) is 0 Å². The van der Waals surface area contributed by atoms with Gasteiger partial charge in [-0.15, -0.1) is 0 Å². The Morgan fingerprint density at radius 2 is 1.79 bits per heavy atom. The summed E-state index contributed by atoms with van der Waals surface area (Å²) in [5.74, 6) is 0. The molecule has 0 saturated heterocycles. The van der Waals surface area contributed by atoms with Crippen LogP contribution in [0.4, 0.5) is 0 Å². The Hall–Kier alpha value is -0.160. The third kappa shape index (κ3) is 17.8. The van der Waals surface area contributed by atoms with Crippen molar-refractivity contribution in [1.82, 2.24) is 0 Å². The molecule has 0 rings (SSSR count). The highest BCUT2D eigenvalue weighted by Crippen LogP contribution is 1.90. The maximum atomic E-state index is 8.69. The monoisotopic (exact) mass is 208 g/mol. The largest absolute Gasteiger partial charge is 0.396 e. The van der Waals surface area contributed by atoms with Crippen LogP contribution >= 0.6 is 0 Å².